The van der Waals surface area contributed by atoms with Crippen molar-refractivity contribution < 1.29 is 27.0 Å². The monoisotopic (exact) mass is 309 g/mol. The van der Waals surface area contributed by atoms with Gasteiger partial charge >= 0.3 is 12.3 Å². The van der Waals surface area contributed by atoms with Gasteiger partial charge in [0.2, 0.25) is 0 Å². The molecule has 0 radical (unpaired) electrons. The molecule has 1 atom stereocenters. The molecule has 0 fully saturated rings. The number of likely N-dealkylation sites (N-methyl/N-ethyl adjacent to an activating group) is 1. The highest BCUT2D eigenvalue weighted by Gasteiger charge is 2.41. The van der Waals surface area contributed by atoms with Crippen LogP contribution < -0.4 is 10.1 Å². The zero-order valence-electron chi connectivity index (χ0n) is 11.9. The van der Waals surface area contributed by atoms with Gasteiger partial charge in [-0.25, -0.2) is 8.78 Å². The van der Waals surface area contributed by atoms with E-state index in [1.54, 1.807) is 20.2 Å². The molecular formula is C14H19F4NO2. The maximum atomic E-state index is 12.7. The highest BCUT2D eigenvalue weighted by Crippen LogP contribution is 2.23. The van der Waals surface area contributed by atoms with Gasteiger partial charge in [-0.2, -0.15) is 8.78 Å². The molecule has 0 aliphatic carbocycles. The summed E-state index contributed by atoms with van der Waals surface area (Å²) >= 11 is 0. The van der Waals surface area contributed by atoms with E-state index < -0.39 is 19.0 Å². The Bertz CT molecular complexity index is 429. The molecule has 1 aromatic rings. The van der Waals surface area contributed by atoms with Crippen molar-refractivity contribution in [1.29, 1.82) is 0 Å². The van der Waals surface area contributed by atoms with E-state index in [4.69, 9.17) is 9.47 Å². The first-order valence-corrected chi connectivity index (χ1v) is 6.43. The minimum atomic E-state index is -4.12. The Morgan fingerprint density at radius 2 is 2.00 bits per heavy atom. The molecule has 0 bridgehead atoms. The Balaban J connectivity index is 2.48. The van der Waals surface area contributed by atoms with Crippen LogP contribution in [0, 0.1) is 0 Å². The van der Waals surface area contributed by atoms with E-state index in [0.717, 1.165) is 5.56 Å². The van der Waals surface area contributed by atoms with Crippen molar-refractivity contribution in [3.63, 3.8) is 0 Å². The minimum Gasteiger partial charge on any atom is -0.497 e. The van der Waals surface area contributed by atoms with Crippen molar-refractivity contribution in [1.82, 2.24) is 5.32 Å². The molecule has 0 spiro atoms. The highest BCUT2D eigenvalue weighted by atomic mass is 19.3. The van der Waals surface area contributed by atoms with Crippen LogP contribution in [-0.2, 0) is 11.2 Å². The van der Waals surface area contributed by atoms with Gasteiger partial charge in [0.1, 0.15) is 12.4 Å². The van der Waals surface area contributed by atoms with E-state index in [2.05, 4.69) is 5.32 Å². The Labute approximate surface area is 121 Å². The van der Waals surface area contributed by atoms with Crippen molar-refractivity contribution in [3.05, 3.63) is 29.8 Å². The minimum absolute atomic E-state index is 0.0873. The number of methoxy groups -OCH3 is 1. The Morgan fingerprint density at radius 1 is 1.29 bits per heavy atom. The van der Waals surface area contributed by atoms with E-state index >= 15 is 0 Å². The van der Waals surface area contributed by atoms with Crippen molar-refractivity contribution in [2.75, 3.05) is 27.4 Å². The van der Waals surface area contributed by atoms with Gasteiger partial charge in [-0.3, -0.25) is 0 Å². The van der Waals surface area contributed by atoms with Crippen LogP contribution in [0.15, 0.2) is 24.3 Å². The van der Waals surface area contributed by atoms with Crippen LogP contribution >= 0.6 is 0 Å². The summed E-state index contributed by atoms with van der Waals surface area (Å²) in [6, 6.07) is 7.02. The van der Waals surface area contributed by atoms with Gasteiger partial charge in [-0.15, -0.1) is 0 Å². The second kappa shape index (κ2) is 8.19. The molecule has 0 saturated heterocycles. The highest BCUT2D eigenvalue weighted by molar-refractivity contribution is 5.28. The number of benzene rings is 1. The van der Waals surface area contributed by atoms with Crippen LogP contribution in [0.5, 0.6) is 5.75 Å². The Morgan fingerprint density at radius 3 is 2.57 bits per heavy atom. The molecule has 0 aromatic heterocycles. The number of halogens is 4. The molecule has 0 aliphatic heterocycles. The summed E-state index contributed by atoms with van der Waals surface area (Å²) in [5.74, 6) is -3.43. The topological polar surface area (TPSA) is 30.5 Å². The summed E-state index contributed by atoms with van der Waals surface area (Å²) < 4.78 is 59.2. The summed E-state index contributed by atoms with van der Waals surface area (Å²) in [6.07, 6.45) is -3.21. The zero-order chi connectivity index (χ0) is 15.9. The molecule has 120 valence electrons. The largest absolute Gasteiger partial charge is 0.497 e. The summed E-state index contributed by atoms with van der Waals surface area (Å²) in [5, 5.41) is 2.91. The SMILES string of the molecule is CNC(COCC(F)(F)C(F)F)Cc1cccc(OC)c1. The maximum absolute atomic E-state index is 12.7. The first kappa shape index (κ1) is 17.7. The van der Waals surface area contributed by atoms with Crippen LogP contribution in [0.4, 0.5) is 17.6 Å². The molecule has 1 aromatic carbocycles. The number of hydrogen-bond donors (Lipinski definition) is 1. The first-order valence-electron chi connectivity index (χ1n) is 6.43. The van der Waals surface area contributed by atoms with Crippen LogP contribution in [-0.4, -0.2) is 45.8 Å². The van der Waals surface area contributed by atoms with Gasteiger partial charge in [-0.1, -0.05) is 12.1 Å². The second-order valence-corrected chi connectivity index (χ2v) is 4.62. The van der Waals surface area contributed by atoms with E-state index in [1.165, 1.54) is 0 Å². The molecule has 3 nitrogen and oxygen atoms in total. The van der Waals surface area contributed by atoms with Gasteiger partial charge < -0.3 is 14.8 Å². The smallest absolute Gasteiger partial charge is 0.330 e. The Kier molecular flexibility index (Phi) is 6.91. The predicted molar refractivity (Wildman–Crippen MR) is 71.3 cm³/mol. The quantitative estimate of drug-likeness (QED) is 0.712. The van der Waals surface area contributed by atoms with Crippen molar-refractivity contribution in [2.45, 2.75) is 24.8 Å². The number of ether oxygens (including phenoxy) is 2. The van der Waals surface area contributed by atoms with Crippen molar-refractivity contribution >= 4 is 0 Å². The van der Waals surface area contributed by atoms with Gasteiger partial charge in [0, 0.05) is 6.04 Å². The number of rotatable bonds is 9. The molecule has 0 heterocycles. The molecule has 1 rings (SSSR count). The van der Waals surface area contributed by atoms with Crippen LogP contribution in [0.3, 0.4) is 0 Å². The molecule has 7 heteroatoms. The fourth-order valence-corrected chi connectivity index (χ4v) is 1.73. The average Bonchev–Trinajstić information content (AvgIpc) is 2.46. The van der Waals surface area contributed by atoms with Crippen LogP contribution in [0.25, 0.3) is 0 Å². The molecule has 0 saturated carbocycles. The lowest BCUT2D eigenvalue weighted by Crippen LogP contribution is -2.37. The van der Waals surface area contributed by atoms with Crippen LogP contribution in [0.2, 0.25) is 0 Å². The van der Waals surface area contributed by atoms with E-state index in [1.807, 2.05) is 18.2 Å². The van der Waals surface area contributed by atoms with Crippen LogP contribution in [0.1, 0.15) is 5.56 Å². The van der Waals surface area contributed by atoms with E-state index in [-0.39, 0.29) is 12.6 Å². The summed E-state index contributed by atoms with van der Waals surface area (Å²) in [7, 11) is 3.20. The third-order valence-electron chi connectivity index (χ3n) is 2.96. The summed E-state index contributed by atoms with van der Waals surface area (Å²) in [5.41, 5.74) is 0.929. The number of nitrogens with one attached hydrogen (secondary N) is 1. The third kappa shape index (κ3) is 5.89. The second-order valence-electron chi connectivity index (χ2n) is 4.62. The predicted octanol–water partition coefficient (Wildman–Crippen LogP) is 2.74. The number of alkyl halides is 4. The standard InChI is InChI=1S/C14H19F4NO2/c1-19-11(8-21-9-14(17,18)13(15)16)6-10-4-3-5-12(7-10)20-2/h3-5,7,11,13,19H,6,8-9H2,1-2H3. The first-order chi connectivity index (χ1) is 9.89. The van der Waals surface area contributed by atoms with Gasteiger partial charge in [0.15, 0.2) is 0 Å². The fourth-order valence-electron chi connectivity index (χ4n) is 1.73. The van der Waals surface area contributed by atoms with Crippen molar-refractivity contribution in [2.24, 2.45) is 0 Å². The number of hydrogen-bond acceptors (Lipinski definition) is 3. The Hall–Kier alpha value is -1.34. The molecular weight excluding hydrogens is 290 g/mol. The maximum Gasteiger partial charge on any atom is 0.330 e. The molecule has 21 heavy (non-hydrogen) atoms. The van der Waals surface area contributed by atoms with Gasteiger partial charge in [-0.05, 0) is 31.2 Å². The lowest BCUT2D eigenvalue weighted by Gasteiger charge is -2.20. The summed E-state index contributed by atoms with van der Waals surface area (Å²) in [4.78, 5) is 0. The van der Waals surface area contributed by atoms with E-state index in [0.29, 0.717) is 12.2 Å². The molecule has 0 amide bonds. The fraction of sp³-hybridized carbons (Fsp3) is 0.571. The normalized spacial score (nSPS) is 13.5. The average molecular weight is 309 g/mol. The van der Waals surface area contributed by atoms with Gasteiger partial charge in [0.05, 0.1) is 13.7 Å². The zero-order valence-corrected chi connectivity index (χ0v) is 11.9. The van der Waals surface area contributed by atoms with Gasteiger partial charge in [0.25, 0.3) is 0 Å². The molecule has 1 N–H and O–H groups in total. The molecule has 1 unspecified atom stereocenters. The lowest BCUT2D eigenvalue weighted by atomic mass is 10.1. The lowest BCUT2D eigenvalue weighted by molar-refractivity contribution is -0.166. The van der Waals surface area contributed by atoms with Crippen molar-refractivity contribution in [3.8, 4) is 5.75 Å². The molecule has 0 aliphatic rings. The van der Waals surface area contributed by atoms with E-state index in [9.17, 15) is 17.6 Å². The summed E-state index contributed by atoms with van der Waals surface area (Å²) in [6.45, 7) is -1.38. The third-order valence-corrected chi connectivity index (χ3v) is 2.96.